The topological polar surface area (TPSA) is 72.5 Å². The molecule has 6 heteroatoms. The van der Waals surface area contributed by atoms with Crippen LogP contribution in [-0.4, -0.2) is 24.3 Å². The summed E-state index contributed by atoms with van der Waals surface area (Å²) in [4.78, 5) is 36.5. The first-order valence-electron chi connectivity index (χ1n) is 7.79. The second-order valence-corrected chi connectivity index (χ2v) is 6.29. The number of hydrogen-bond acceptors (Lipinski definition) is 5. The molecule has 2 aromatic rings. The lowest BCUT2D eigenvalue weighted by Crippen LogP contribution is -2.12. The van der Waals surface area contributed by atoms with Crippen molar-refractivity contribution in [3.8, 4) is 0 Å². The predicted molar refractivity (Wildman–Crippen MR) is 99.1 cm³/mol. The van der Waals surface area contributed by atoms with Crippen LogP contribution in [-0.2, 0) is 9.53 Å². The van der Waals surface area contributed by atoms with Gasteiger partial charge in [0.1, 0.15) is 5.00 Å². The predicted octanol–water partition coefficient (Wildman–Crippen LogP) is 4.09. The van der Waals surface area contributed by atoms with Crippen molar-refractivity contribution in [2.45, 2.75) is 20.8 Å². The Balaban J connectivity index is 2.27. The lowest BCUT2D eigenvalue weighted by Gasteiger charge is -2.05. The number of carbonyl (C=O) groups is 3. The molecule has 2 rings (SSSR count). The maximum atomic E-state index is 12.2. The molecule has 0 fully saturated rings. The highest BCUT2D eigenvalue weighted by Gasteiger charge is 2.24. The van der Waals surface area contributed by atoms with Gasteiger partial charge in [0, 0.05) is 6.08 Å². The van der Waals surface area contributed by atoms with E-state index < -0.39 is 5.97 Å². The van der Waals surface area contributed by atoms with Crippen molar-refractivity contribution < 1.29 is 19.1 Å². The molecule has 25 heavy (non-hydrogen) atoms. The van der Waals surface area contributed by atoms with Crippen LogP contribution >= 0.6 is 11.3 Å². The molecule has 0 saturated carbocycles. The van der Waals surface area contributed by atoms with Crippen LogP contribution < -0.4 is 5.32 Å². The molecular weight excluding hydrogens is 338 g/mol. The third-order valence-corrected chi connectivity index (χ3v) is 4.72. The van der Waals surface area contributed by atoms with E-state index in [-0.39, 0.29) is 23.9 Å². The highest BCUT2D eigenvalue weighted by Crippen LogP contribution is 2.34. The molecule has 0 unspecified atom stereocenters. The van der Waals surface area contributed by atoms with Crippen LogP contribution in [0.4, 0.5) is 5.00 Å². The molecule has 1 aromatic heterocycles. The number of benzene rings is 1. The molecule has 0 saturated heterocycles. The zero-order valence-electron chi connectivity index (χ0n) is 14.3. The highest BCUT2D eigenvalue weighted by atomic mass is 32.1. The molecular formula is C19H19NO4S. The fraction of sp³-hybridized carbons (Fsp3) is 0.211. The van der Waals surface area contributed by atoms with E-state index in [4.69, 9.17) is 4.74 Å². The number of esters is 1. The van der Waals surface area contributed by atoms with Gasteiger partial charge in [-0.25, -0.2) is 4.79 Å². The minimum Gasteiger partial charge on any atom is -0.462 e. The summed E-state index contributed by atoms with van der Waals surface area (Å²) in [5.74, 6) is -1.09. The quantitative estimate of drug-likeness (QED) is 0.480. The van der Waals surface area contributed by atoms with Crippen LogP contribution in [0.25, 0.3) is 6.08 Å². The second-order valence-electron chi connectivity index (χ2n) is 5.27. The second kappa shape index (κ2) is 8.39. The molecule has 0 bridgehead atoms. The van der Waals surface area contributed by atoms with Gasteiger partial charge in [0.25, 0.3) is 0 Å². The Labute approximate surface area is 150 Å². The Hall–Kier alpha value is -2.73. The number of nitrogens with one attached hydrogen (secondary N) is 1. The molecule has 130 valence electrons. The summed E-state index contributed by atoms with van der Waals surface area (Å²) in [6.45, 7) is 5.01. The molecule has 5 nitrogen and oxygen atoms in total. The molecule has 0 atom stereocenters. The molecule has 1 heterocycles. The Morgan fingerprint density at radius 2 is 1.88 bits per heavy atom. The van der Waals surface area contributed by atoms with Crippen LogP contribution in [0.3, 0.4) is 0 Å². The zero-order chi connectivity index (χ0) is 18.4. The molecule has 0 aliphatic rings. The van der Waals surface area contributed by atoms with Crippen molar-refractivity contribution in [1.29, 1.82) is 0 Å². The first-order chi connectivity index (χ1) is 11.9. The monoisotopic (exact) mass is 357 g/mol. The Bertz CT molecular complexity index is 821. The summed E-state index contributed by atoms with van der Waals surface area (Å²) in [6.07, 6.45) is 3.05. The van der Waals surface area contributed by atoms with Gasteiger partial charge >= 0.3 is 5.97 Å². The minimum atomic E-state index is -0.550. The number of anilines is 1. The van der Waals surface area contributed by atoms with E-state index in [0.717, 1.165) is 16.9 Å². The fourth-order valence-electron chi connectivity index (χ4n) is 2.28. The van der Waals surface area contributed by atoms with Crippen LogP contribution in [0, 0.1) is 6.92 Å². The Morgan fingerprint density at radius 3 is 2.48 bits per heavy atom. The molecule has 1 amide bonds. The van der Waals surface area contributed by atoms with Gasteiger partial charge in [0.05, 0.1) is 17.0 Å². The summed E-state index contributed by atoms with van der Waals surface area (Å²) in [7, 11) is 0. The number of ether oxygens (including phenoxy) is 1. The van der Waals surface area contributed by atoms with Gasteiger partial charge in [-0.1, -0.05) is 30.3 Å². The van der Waals surface area contributed by atoms with Crippen LogP contribution in [0.1, 0.15) is 45.0 Å². The van der Waals surface area contributed by atoms with Gasteiger partial charge in [0.2, 0.25) is 5.91 Å². The number of carbonyl (C=O) groups excluding carboxylic acids is 3. The Kier molecular flexibility index (Phi) is 6.25. The van der Waals surface area contributed by atoms with Crippen LogP contribution in [0.5, 0.6) is 0 Å². The van der Waals surface area contributed by atoms with Crippen molar-refractivity contribution in [1.82, 2.24) is 0 Å². The summed E-state index contributed by atoms with van der Waals surface area (Å²) < 4.78 is 5.04. The Morgan fingerprint density at radius 1 is 1.20 bits per heavy atom. The lowest BCUT2D eigenvalue weighted by atomic mass is 10.1. The molecule has 0 aliphatic carbocycles. The van der Waals surface area contributed by atoms with Gasteiger partial charge in [-0.3, -0.25) is 9.59 Å². The first kappa shape index (κ1) is 18.6. The normalized spacial score (nSPS) is 10.7. The zero-order valence-corrected chi connectivity index (χ0v) is 15.1. The standard InChI is InChI=1S/C19H19NO4S/c1-4-24-19(23)16-12(2)17(13(3)21)25-18(16)20-15(22)11-10-14-8-6-5-7-9-14/h5-11H,4H2,1-3H3,(H,20,22)/b11-10+. The summed E-state index contributed by atoms with van der Waals surface area (Å²) in [5.41, 5.74) is 1.65. The van der Waals surface area contributed by atoms with Gasteiger partial charge in [0.15, 0.2) is 5.78 Å². The molecule has 0 radical (unpaired) electrons. The SMILES string of the molecule is CCOC(=O)c1c(NC(=O)/C=C/c2ccccc2)sc(C(C)=O)c1C. The minimum absolute atomic E-state index is 0.159. The number of hydrogen-bond donors (Lipinski definition) is 1. The van der Waals surface area contributed by atoms with Gasteiger partial charge < -0.3 is 10.1 Å². The number of amides is 1. The largest absolute Gasteiger partial charge is 0.462 e. The van der Waals surface area contributed by atoms with Crippen molar-refractivity contribution in [2.75, 3.05) is 11.9 Å². The fourth-order valence-corrected chi connectivity index (χ4v) is 3.37. The molecule has 1 N–H and O–H groups in total. The molecule has 0 aliphatic heterocycles. The summed E-state index contributed by atoms with van der Waals surface area (Å²) >= 11 is 1.08. The number of rotatable bonds is 6. The number of Topliss-reactive ketones (excluding diaryl/α,β-unsaturated/α-hetero) is 1. The average molecular weight is 357 g/mol. The van der Waals surface area contributed by atoms with Gasteiger partial charge in [-0.2, -0.15) is 0 Å². The smallest absolute Gasteiger partial charge is 0.341 e. The lowest BCUT2D eigenvalue weighted by molar-refractivity contribution is -0.111. The van der Waals surface area contributed by atoms with E-state index >= 15 is 0 Å². The van der Waals surface area contributed by atoms with Gasteiger partial charge in [-0.15, -0.1) is 11.3 Å². The van der Waals surface area contributed by atoms with Gasteiger partial charge in [-0.05, 0) is 38.0 Å². The van der Waals surface area contributed by atoms with E-state index in [1.807, 2.05) is 30.3 Å². The van der Waals surface area contributed by atoms with E-state index in [1.54, 1.807) is 19.9 Å². The number of thiophene rings is 1. The van der Waals surface area contributed by atoms with E-state index in [1.165, 1.54) is 13.0 Å². The maximum absolute atomic E-state index is 12.2. The summed E-state index contributed by atoms with van der Waals surface area (Å²) in [6, 6.07) is 9.38. The summed E-state index contributed by atoms with van der Waals surface area (Å²) in [5, 5.41) is 3.00. The van der Waals surface area contributed by atoms with Crippen molar-refractivity contribution in [2.24, 2.45) is 0 Å². The van der Waals surface area contributed by atoms with Crippen molar-refractivity contribution >= 4 is 40.1 Å². The first-order valence-corrected chi connectivity index (χ1v) is 8.61. The third kappa shape index (κ3) is 4.64. The maximum Gasteiger partial charge on any atom is 0.341 e. The third-order valence-electron chi connectivity index (χ3n) is 3.41. The average Bonchev–Trinajstić information content (AvgIpc) is 2.90. The van der Waals surface area contributed by atoms with E-state index in [2.05, 4.69) is 5.32 Å². The number of ketones is 1. The molecule has 1 aromatic carbocycles. The van der Waals surface area contributed by atoms with E-state index in [9.17, 15) is 14.4 Å². The van der Waals surface area contributed by atoms with Crippen LogP contribution in [0.2, 0.25) is 0 Å². The van der Waals surface area contributed by atoms with E-state index in [0.29, 0.717) is 15.4 Å². The highest BCUT2D eigenvalue weighted by molar-refractivity contribution is 7.18. The van der Waals surface area contributed by atoms with Crippen LogP contribution in [0.15, 0.2) is 36.4 Å². The molecule has 0 spiro atoms. The van der Waals surface area contributed by atoms with Crippen molar-refractivity contribution in [3.63, 3.8) is 0 Å². The van der Waals surface area contributed by atoms with Crippen molar-refractivity contribution in [3.05, 3.63) is 58.0 Å².